The van der Waals surface area contributed by atoms with Gasteiger partial charge in [-0.25, -0.2) is 0 Å². The zero-order valence-electron chi connectivity index (χ0n) is 12.5. The van der Waals surface area contributed by atoms with Crippen LogP contribution in [0.1, 0.15) is 64.7 Å². The molecule has 2 nitrogen and oxygen atoms in total. The fraction of sp³-hybridized carbons (Fsp3) is 1.00. The molecule has 0 saturated carbocycles. The molecule has 110 valence electrons. The Morgan fingerprint density at radius 3 is 2.11 bits per heavy atom. The lowest BCUT2D eigenvalue weighted by Crippen LogP contribution is -3.10. The fourth-order valence-corrected chi connectivity index (χ4v) is 2.51. The summed E-state index contributed by atoms with van der Waals surface area (Å²) >= 11 is 0. The first kappa shape index (κ1) is 18.2. The lowest BCUT2D eigenvalue weighted by Gasteiger charge is -2.20. The normalized spacial score (nSPS) is 19.7. The zero-order valence-corrected chi connectivity index (χ0v) is 13.3. The second kappa shape index (κ2) is 11.1. The van der Waals surface area contributed by atoms with Crippen LogP contribution in [-0.4, -0.2) is 32.8 Å². The van der Waals surface area contributed by atoms with Crippen LogP contribution in [0.15, 0.2) is 0 Å². The zero-order chi connectivity index (χ0) is 12.5. The summed E-state index contributed by atoms with van der Waals surface area (Å²) in [5.74, 6) is 0. The summed E-state index contributed by atoms with van der Waals surface area (Å²) in [6.07, 6.45) is 13.2. The van der Waals surface area contributed by atoms with Gasteiger partial charge in [-0.1, -0.05) is 45.4 Å². The molecule has 0 radical (unpaired) electrons. The molecule has 1 N–H and O–H groups in total. The number of hydrogen-bond donors (Lipinski definition) is 1. The van der Waals surface area contributed by atoms with Crippen LogP contribution in [0.5, 0.6) is 0 Å². The van der Waals surface area contributed by atoms with Gasteiger partial charge in [-0.05, 0) is 12.8 Å². The first-order valence-electron chi connectivity index (χ1n) is 7.65. The maximum atomic E-state index is 5.35. The van der Waals surface area contributed by atoms with E-state index in [0.29, 0.717) is 6.10 Å². The van der Waals surface area contributed by atoms with Crippen molar-refractivity contribution in [1.82, 2.24) is 0 Å². The molecule has 2 atom stereocenters. The third kappa shape index (κ3) is 9.18. The SMILES string of the molecule is CCCCCCCCCC(CC1CO1)[NH+](C)C.[Cl-]. The Bertz CT molecular complexity index is 183. The molecule has 1 fully saturated rings. The number of halogens is 1. The number of quaternary nitrogens is 1. The predicted molar refractivity (Wildman–Crippen MR) is 73.6 cm³/mol. The molecule has 1 rings (SSSR count). The minimum Gasteiger partial charge on any atom is -1.00 e. The first-order chi connectivity index (χ1) is 8.24. The lowest BCUT2D eigenvalue weighted by atomic mass is 10.0. The Morgan fingerprint density at radius 2 is 1.61 bits per heavy atom. The van der Waals surface area contributed by atoms with Crippen molar-refractivity contribution in [3.63, 3.8) is 0 Å². The Morgan fingerprint density at radius 1 is 1.06 bits per heavy atom. The highest BCUT2D eigenvalue weighted by atomic mass is 35.5. The minimum absolute atomic E-state index is 0. The topological polar surface area (TPSA) is 17.0 Å². The molecule has 0 aromatic heterocycles. The molecule has 3 heteroatoms. The van der Waals surface area contributed by atoms with E-state index in [0.717, 1.165) is 12.6 Å². The maximum absolute atomic E-state index is 5.35. The number of unbranched alkanes of at least 4 members (excludes halogenated alkanes) is 6. The largest absolute Gasteiger partial charge is 1.00 e. The molecule has 1 aliphatic heterocycles. The van der Waals surface area contributed by atoms with Gasteiger partial charge in [-0.2, -0.15) is 0 Å². The van der Waals surface area contributed by atoms with Crippen molar-refractivity contribution >= 4 is 0 Å². The van der Waals surface area contributed by atoms with Gasteiger partial charge in [0.2, 0.25) is 0 Å². The van der Waals surface area contributed by atoms with Gasteiger partial charge < -0.3 is 22.0 Å². The van der Waals surface area contributed by atoms with Gasteiger partial charge in [-0.3, -0.25) is 0 Å². The number of rotatable bonds is 11. The maximum Gasteiger partial charge on any atom is 0.0896 e. The molecule has 18 heavy (non-hydrogen) atoms. The molecule has 0 bridgehead atoms. The average molecular weight is 278 g/mol. The molecular formula is C15H32ClNO. The molecule has 0 spiro atoms. The summed E-state index contributed by atoms with van der Waals surface area (Å²) in [5.41, 5.74) is 0. The molecule has 2 unspecified atom stereocenters. The molecule has 1 aliphatic rings. The Hall–Kier alpha value is 0.210. The summed E-state index contributed by atoms with van der Waals surface area (Å²) in [6, 6.07) is 0.818. The van der Waals surface area contributed by atoms with E-state index in [-0.39, 0.29) is 12.4 Å². The Labute approximate surface area is 120 Å². The van der Waals surface area contributed by atoms with Crippen molar-refractivity contribution < 1.29 is 22.0 Å². The smallest absolute Gasteiger partial charge is 0.0896 e. The molecule has 0 amide bonds. The summed E-state index contributed by atoms with van der Waals surface area (Å²) in [6.45, 7) is 3.30. The summed E-state index contributed by atoms with van der Waals surface area (Å²) in [4.78, 5) is 1.60. The van der Waals surface area contributed by atoms with Crippen LogP contribution in [0.2, 0.25) is 0 Å². The quantitative estimate of drug-likeness (QED) is 0.396. The summed E-state index contributed by atoms with van der Waals surface area (Å²) in [5, 5.41) is 0. The number of ether oxygens (including phenoxy) is 1. The van der Waals surface area contributed by atoms with E-state index >= 15 is 0 Å². The lowest BCUT2D eigenvalue weighted by molar-refractivity contribution is -0.886. The molecule has 0 aliphatic carbocycles. The van der Waals surface area contributed by atoms with Gasteiger partial charge in [0, 0.05) is 6.42 Å². The van der Waals surface area contributed by atoms with Crippen LogP contribution in [0, 0.1) is 0 Å². The Kier molecular flexibility index (Phi) is 11.2. The van der Waals surface area contributed by atoms with Crippen LogP contribution in [0.4, 0.5) is 0 Å². The van der Waals surface area contributed by atoms with Gasteiger partial charge in [0.25, 0.3) is 0 Å². The van der Waals surface area contributed by atoms with Crippen LogP contribution in [-0.2, 0) is 4.74 Å². The van der Waals surface area contributed by atoms with Crippen molar-refractivity contribution in [2.75, 3.05) is 20.7 Å². The van der Waals surface area contributed by atoms with E-state index in [1.807, 2.05) is 0 Å². The molecule has 0 aromatic carbocycles. The van der Waals surface area contributed by atoms with Crippen LogP contribution in [0.3, 0.4) is 0 Å². The highest BCUT2D eigenvalue weighted by Gasteiger charge is 2.29. The molecule has 0 aromatic rings. The fourth-order valence-electron chi connectivity index (χ4n) is 2.51. The van der Waals surface area contributed by atoms with E-state index in [1.165, 1.54) is 57.8 Å². The van der Waals surface area contributed by atoms with Gasteiger partial charge in [0.1, 0.15) is 0 Å². The standard InChI is InChI=1S/C15H31NO.ClH/c1-4-5-6-7-8-9-10-11-14(16(2)3)12-15-13-17-15;/h14-15H,4-13H2,1-3H3;1H. The number of epoxide rings is 1. The van der Waals surface area contributed by atoms with Gasteiger partial charge >= 0.3 is 0 Å². The summed E-state index contributed by atoms with van der Waals surface area (Å²) < 4.78 is 5.35. The highest BCUT2D eigenvalue weighted by Crippen LogP contribution is 2.17. The van der Waals surface area contributed by atoms with E-state index in [4.69, 9.17) is 4.74 Å². The van der Waals surface area contributed by atoms with E-state index in [9.17, 15) is 0 Å². The molecule has 1 saturated heterocycles. The second-order valence-electron chi connectivity index (χ2n) is 5.88. The number of nitrogens with one attached hydrogen (secondary N) is 1. The third-order valence-corrected chi connectivity index (χ3v) is 3.92. The van der Waals surface area contributed by atoms with E-state index < -0.39 is 0 Å². The molecular weight excluding hydrogens is 246 g/mol. The van der Waals surface area contributed by atoms with Crippen LogP contribution in [0.25, 0.3) is 0 Å². The van der Waals surface area contributed by atoms with Crippen molar-refractivity contribution in [1.29, 1.82) is 0 Å². The predicted octanol–water partition coefficient (Wildman–Crippen LogP) is -0.567. The van der Waals surface area contributed by atoms with Crippen molar-refractivity contribution in [2.45, 2.75) is 76.9 Å². The second-order valence-corrected chi connectivity index (χ2v) is 5.88. The molecule has 1 heterocycles. The Balaban J connectivity index is 0.00000289. The van der Waals surface area contributed by atoms with Crippen molar-refractivity contribution in [3.8, 4) is 0 Å². The van der Waals surface area contributed by atoms with E-state index in [2.05, 4.69) is 21.0 Å². The minimum atomic E-state index is 0. The first-order valence-corrected chi connectivity index (χ1v) is 7.65. The summed E-state index contributed by atoms with van der Waals surface area (Å²) in [7, 11) is 4.57. The van der Waals surface area contributed by atoms with Crippen LogP contribution < -0.4 is 17.3 Å². The van der Waals surface area contributed by atoms with Crippen molar-refractivity contribution in [2.24, 2.45) is 0 Å². The highest BCUT2D eigenvalue weighted by molar-refractivity contribution is 4.73. The van der Waals surface area contributed by atoms with Gasteiger partial charge in [0.15, 0.2) is 0 Å². The number of hydrogen-bond acceptors (Lipinski definition) is 1. The third-order valence-electron chi connectivity index (χ3n) is 3.92. The van der Waals surface area contributed by atoms with Crippen LogP contribution >= 0.6 is 0 Å². The monoisotopic (exact) mass is 277 g/mol. The van der Waals surface area contributed by atoms with Gasteiger partial charge in [-0.15, -0.1) is 0 Å². The van der Waals surface area contributed by atoms with Crippen molar-refractivity contribution in [3.05, 3.63) is 0 Å². The average Bonchev–Trinajstić information content (AvgIpc) is 3.10. The van der Waals surface area contributed by atoms with Gasteiger partial charge in [0.05, 0.1) is 32.8 Å². The van der Waals surface area contributed by atoms with E-state index in [1.54, 1.807) is 4.90 Å².